The van der Waals surface area contributed by atoms with E-state index in [0.717, 1.165) is 71.0 Å². The Balaban J connectivity index is 1.33. The molecule has 0 radical (unpaired) electrons. The standard InChI is InChI=1S/C25H38N6O/c1-28(2)24(32)18-26-25(31-17-12-23(20-31)30-13-6-7-14-30)27-22-10-15-29(16-11-22)19-21-8-4-3-5-9-21/h3-9,22-23H,10-20H2,1-2H3,(H,26,27). The molecule has 3 aliphatic rings. The van der Waals surface area contributed by atoms with E-state index >= 15 is 0 Å². The fourth-order valence-corrected chi connectivity index (χ4v) is 4.81. The summed E-state index contributed by atoms with van der Waals surface area (Å²) >= 11 is 0. The van der Waals surface area contributed by atoms with Crippen LogP contribution in [-0.4, -0.2) is 103 Å². The van der Waals surface area contributed by atoms with Gasteiger partial charge in [-0.15, -0.1) is 0 Å². The van der Waals surface area contributed by atoms with Crippen molar-refractivity contribution in [3.05, 3.63) is 48.0 Å². The van der Waals surface area contributed by atoms with Gasteiger partial charge in [-0.2, -0.15) is 0 Å². The summed E-state index contributed by atoms with van der Waals surface area (Å²) in [7, 11) is 3.58. The predicted octanol–water partition coefficient (Wildman–Crippen LogP) is 1.63. The van der Waals surface area contributed by atoms with Crippen molar-refractivity contribution in [2.75, 3.05) is 59.9 Å². The van der Waals surface area contributed by atoms with E-state index in [1.54, 1.807) is 19.0 Å². The summed E-state index contributed by atoms with van der Waals surface area (Å²) in [6, 6.07) is 11.7. The maximum Gasteiger partial charge on any atom is 0.243 e. The Morgan fingerprint density at radius 1 is 1.06 bits per heavy atom. The molecule has 1 aromatic rings. The molecule has 1 unspecified atom stereocenters. The van der Waals surface area contributed by atoms with Gasteiger partial charge in [0.25, 0.3) is 0 Å². The Labute approximate surface area is 192 Å². The lowest BCUT2D eigenvalue weighted by Crippen LogP contribution is -2.50. The van der Waals surface area contributed by atoms with Crippen LogP contribution in [-0.2, 0) is 11.3 Å². The SMILES string of the molecule is CN(C)C(=O)CN=C(NC1CCN(Cc2ccccc2)CC1)N1CCC(N2CC=CC2)C1. The van der Waals surface area contributed by atoms with Crippen LogP contribution in [0.3, 0.4) is 0 Å². The zero-order valence-electron chi connectivity index (χ0n) is 19.6. The number of piperidine rings is 1. The molecule has 2 fully saturated rings. The summed E-state index contributed by atoms with van der Waals surface area (Å²) in [5, 5.41) is 3.73. The Bertz CT molecular complexity index is 792. The number of aliphatic imine (C=N–C) groups is 1. The van der Waals surface area contributed by atoms with Crippen molar-refractivity contribution < 1.29 is 4.79 Å². The average molecular weight is 439 g/mol. The smallest absolute Gasteiger partial charge is 0.243 e. The summed E-state index contributed by atoms with van der Waals surface area (Å²) in [5.74, 6) is 0.956. The van der Waals surface area contributed by atoms with Crippen LogP contribution in [0.1, 0.15) is 24.8 Å². The molecule has 7 nitrogen and oxygen atoms in total. The minimum atomic E-state index is 0.0430. The number of nitrogens with zero attached hydrogens (tertiary/aromatic N) is 5. The second-order valence-corrected chi connectivity index (χ2v) is 9.42. The molecule has 1 N–H and O–H groups in total. The molecule has 0 bridgehead atoms. The summed E-state index contributed by atoms with van der Waals surface area (Å²) in [4.78, 5) is 26.0. The first-order valence-electron chi connectivity index (χ1n) is 12.0. The zero-order chi connectivity index (χ0) is 22.3. The van der Waals surface area contributed by atoms with E-state index in [1.165, 1.54) is 5.56 Å². The molecule has 32 heavy (non-hydrogen) atoms. The van der Waals surface area contributed by atoms with E-state index in [-0.39, 0.29) is 12.5 Å². The maximum atomic E-state index is 12.2. The Morgan fingerprint density at radius 3 is 2.47 bits per heavy atom. The van der Waals surface area contributed by atoms with Crippen molar-refractivity contribution in [2.45, 2.75) is 37.9 Å². The van der Waals surface area contributed by atoms with Crippen LogP contribution in [0.5, 0.6) is 0 Å². The van der Waals surface area contributed by atoms with Gasteiger partial charge in [0.05, 0.1) is 0 Å². The van der Waals surface area contributed by atoms with Gasteiger partial charge in [-0.3, -0.25) is 14.6 Å². The molecule has 1 aromatic carbocycles. The van der Waals surface area contributed by atoms with E-state index in [2.05, 4.69) is 62.5 Å². The molecule has 174 valence electrons. The van der Waals surface area contributed by atoms with Crippen LogP contribution >= 0.6 is 0 Å². The van der Waals surface area contributed by atoms with Gasteiger partial charge in [0.2, 0.25) is 5.91 Å². The van der Waals surface area contributed by atoms with Crippen molar-refractivity contribution in [1.29, 1.82) is 0 Å². The predicted molar refractivity (Wildman–Crippen MR) is 130 cm³/mol. The van der Waals surface area contributed by atoms with Crippen molar-refractivity contribution >= 4 is 11.9 Å². The van der Waals surface area contributed by atoms with E-state index in [9.17, 15) is 4.79 Å². The normalized spacial score (nSPS) is 23.1. The van der Waals surface area contributed by atoms with Crippen molar-refractivity contribution in [3.63, 3.8) is 0 Å². The number of likely N-dealkylation sites (N-methyl/N-ethyl adjacent to an activating group) is 1. The lowest BCUT2D eigenvalue weighted by atomic mass is 10.0. The molecule has 4 rings (SSSR count). The van der Waals surface area contributed by atoms with Crippen LogP contribution < -0.4 is 5.32 Å². The molecule has 3 aliphatic heterocycles. The highest BCUT2D eigenvalue weighted by atomic mass is 16.2. The molecular weight excluding hydrogens is 400 g/mol. The molecular formula is C25H38N6O. The quantitative estimate of drug-likeness (QED) is 0.416. The largest absolute Gasteiger partial charge is 0.353 e. The molecule has 0 spiro atoms. The molecule has 0 saturated carbocycles. The lowest BCUT2D eigenvalue weighted by molar-refractivity contribution is -0.127. The third-order valence-corrected chi connectivity index (χ3v) is 6.86. The molecule has 2 saturated heterocycles. The summed E-state index contributed by atoms with van der Waals surface area (Å²) in [5.41, 5.74) is 1.38. The van der Waals surface area contributed by atoms with Crippen LogP contribution in [0.15, 0.2) is 47.5 Å². The van der Waals surface area contributed by atoms with Crippen LogP contribution in [0.4, 0.5) is 0 Å². The zero-order valence-corrected chi connectivity index (χ0v) is 19.6. The van der Waals surface area contributed by atoms with Crippen molar-refractivity contribution in [1.82, 2.24) is 24.9 Å². The number of carbonyl (C=O) groups excluding carboxylic acids is 1. The second kappa shape index (κ2) is 11.0. The number of hydrogen-bond acceptors (Lipinski definition) is 4. The van der Waals surface area contributed by atoms with Gasteiger partial charge in [-0.25, -0.2) is 4.99 Å². The maximum absolute atomic E-state index is 12.2. The first kappa shape index (κ1) is 22.8. The monoisotopic (exact) mass is 438 g/mol. The number of hydrogen-bond donors (Lipinski definition) is 1. The summed E-state index contributed by atoms with van der Waals surface area (Å²) in [6.07, 6.45) is 7.87. The third-order valence-electron chi connectivity index (χ3n) is 6.86. The van der Waals surface area contributed by atoms with E-state index in [1.807, 2.05) is 0 Å². The number of amides is 1. The number of guanidine groups is 1. The highest BCUT2D eigenvalue weighted by Crippen LogP contribution is 2.19. The topological polar surface area (TPSA) is 54.4 Å². The minimum absolute atomic E-state index is 0.0430. The van der Waals surface area contributed by atoms with E-state index in [0.29, 0.717) is 12.1 Å². The van der Waals surface area contributed by atoms with Gasteiger partial charge in [-0.05, 0) is 24.8 Å². The van der Waals surface area contributed by atoms with Crippen LogP contribution in [0.25, 0.3) is 0 Å². The van der Waals surface area contributed by atoms with Gasteiger partial charge < -0.3 is 15.1 Å². The third kappa shape index (κ3) is 6.11. The molecule has 7 heteroatoms. The fraction of sp³-hybridized carbons (Fsp3) is 0.600. The number of nitrogens with one attached hydrogen (secondary N) is 1. The van der Waals surface area contributed by atoms with Crippen LogP contribution in [0, 0.1) is 0 Å². The van der Waals surface area contributed by atoms with E-state index < -0.39 is 0 Å². The van der Waals surface area contributed by atoms with Gasteiger partial charge in [0.1, 0.15) is 6.54 Å². The number of benzene rings is 1. The molecule has 1 amide bonds. The number of carbonyl (C=O) groups is 1. The molecule has 0 aromatic heterocycles. The highest BCUT2D eigenvalue weighted by molar-refractivity contribution is 5.85. The number of likely N-dealkylation sites (tertiary alicyclic amines) is 2. The molecule has 3 heterocycles. The second-order valence-electron chi connectivity index (χ2n) is 9.42. The Kier molecular flexibility index (Phi) is 7.81. The summed E-state index contributed by atoms with van der Waals surface area (Å²) < 4.78 is 0. The van der Waals surface area contributed by atoms with Crippen LogP contribution in [0.2, 0.25) is 0 Å². The number of rotatable bonds is 6. The molecule has 0 aliphatic carbocycles. The fourth-order valence-electron chi connectivity index (χ4n) is 4.81. The van der Waals surface area contributed by atoms with Crippen molar-refractivity contribution in [2.24, 2.45) is 4.99 Å². The van der Waals surface area contributed by atoms with Gasteiger partial charge >= 0.3 is 0 Å². The van der Waals surface area contributed by atoms with Gasteiger partial charge in [-0.1, -0.05) is 42.5 Å². The Hall–Kier alpha value is -2.38. The van der Waals surface area contributed by atoms with E-state index in [4.69, 9.17) is 4.99 Å². The first-order valence-corrected chi connectivity index (χ1v) is 12.0. The average Bonchev–Trinajstić information content (AvgIpc) is 3.50. The van der Waals surface area contributed by atoms with Crippen molar-refractivity contribution in [3.8, 4) is 0 Å². The lowest BCUT2D eigenvalue weighted by Gasteiger charge is -2.34. The highest BCUT2D eigenvalue weighted by Gasteiger charge is 2.31. The molecule has 1 atom stereocenters. The summed E-state index contributed by atoms with van der Waals surface area (Å²) in [6.45, 7) is 7.47. The first-order chi connectivity index (χ1) is 15.6. The Morgan fingerprint density at radius 2 is 1.78 bits per heavy atom. The van der Waals surface area contributed by atoms with Gasteiger partial charge in [0, 0.05) is 72.0 Å². The van der Waals surface area contributed by atoms with Gasteiger partial charge in [0.15, 0.2) is 5.96 Å². The minimum Gasteiger partial charge on any atom is -0.353 e.